The fourth-order valence-corrected chi connectivity index (χ4v) is 2.91. The Labute approximate surface area is 131 Å². The maximum Gasteiger partial charge on any atom is 0.0722 e. The zero-order chi connectivity index (χ0) is 14.8. The van der Waals surface area contributed by atoms with Crippen molar-refractivity contribution >= 4 is 26.8 Å². The highest BCUT2D eigenvalue weighted by molar-refractivity contribution is 9.10. The summed E-state index contributed by atoms with van der Waals surface area (Å²) in [5.74, 6) is 5.73. The molecule has 0 aliphatic rings. The second kappa shape index (κ2) is 5.93. The van der Waals surface area contributed by atoms with Crippen molar-refractivity contribution in [3.8, 4) is 0 Å². The minimum atomic E-state index is -0.0340. The molecule has 21 heavy (non-hydrogen) atoms. The third kappa shape index (κ3) is 2.83. The summed E-state index contributed by atoms with van der Waals surface area (Å²) in [5.41, 5.74) is 6.03. The summed E-state index contributed by atoms with van der Waals surface area (Å²) in [5, 5.41) is 5.77. The lowest BCUT2D eigenvalue weighted by Crippen LogP contribution is -2.29. The summed E-state index contributed by atoms with van der Waals surface area (Å²) in [6.45, 7) is 0. The van der Waals surface area contributed by atoms with Crippen LogP contribution in [-0.4, -0.2) is 14.8 Å². The Bertz CT molecular complexity index is 768. The Kier molecular flexibility index (Phi) is 4.01. The van der Waals surface area contributed by atoms with Gasteiger partial charge in [0.2, 0.25) is 0 Å². The molecule has 0 saturated carbocycles. The van der Waals surface area contributed by atoms with Crippen molar-refractivity contribution in [1.29, 1.82) is 0 Å². The Balaban J connectivity index is 1.96. The third-order valence-corrected chi connectivity index (χ3v) is 4.00. The van der Waals surface area contributed by atoms with E-state index < -0.39 is 0 Å². The van der Waals surface area contributed by atoms with Gasteiger partial charge >= 0.3 is 0 Å². The number of aryl methyl sites for hydroxylation is 1. The largest absolute Gasteiger partial charge is 0.271 e. The molecule has 0 spiro atoms. The lowest BCUT2D eigenvalue weighted by Gasteiger charge is -2.15. The van der Waals surface area contributed by atoms with E-state index >= 15 is 0 Å². The van der Waals surface area contributed by atoms with Crippen LogP contribution in [0.5, 0.6) is 0 Å². The van der Waals surface area contributed by atoms with Gasteiger partial charge in [-0.25, -0.2) is 0 Å². The average Bonchev–Trinajstić information content (AvgIpc) is 2.82. The number of fused-ring (bicyclic) bond motifs is 1. The number of para-hydroxylation sites is 1. The van der Waals surface area contributed by atoms with Gasteiger partial charge in [0.25, 0.3) is 0 Å². The summed E-state index contributed by atoms with van der Waals surface area (Å²) < 4.78 is 2.84. The van der Waals surface area contributed by atoms with E-state index in [4.69, 9.17) is 5.84 Å². The Morgan fingerprint density at radius 3 is 2.90 bits per heavy atom. The van der Waals surface area contributed by atoms with E-state index in [-0.39, 0.29) is 6.04 Å². The van der Waals surface area contributed by atoms with Gasteiger partial charge in [0.05, 0.1) is 17.3 Å². The zero-order valence-corrected chi connectivity index (χ0v) is 13.2. The molecule has 2 aromatic heterocycles. The van der Waals surface area contributed by atoms with Gasteiger partial charge in [0.15, 0.2) is 0 Å². The van der Waals surface area contributed by atoms with E-state index in [2.05, 4.69) is 43.6 Å². The molecule has 0 bridgehead atoms. The van der Waals surface area contributed by atoms with E-state index in [1.165, 1.54) is 0 Å². The van der Waals surface area contributed by atoms with Gasteiger partial charge in [0, 0.05) is 35.7 Å². The standard InChI is InChI=1S/C15H16BrN5/c1-21-15-5-3-2-4-12(15)14(20-21)7-13(19-17)10-6-11(16)9-18-8-10/h2-6,8-9,13,19H,7,17H2,1H3. The smallest absolute Gasteiger partial charge is 0.0722 e. The maximum absolute atomic E-state index is 5.73. The number of hydrazine groups is 1. The minimum Gasteiger partial charge on any atom is -0.271 e. The molecule has 1 unspecified atom stereocenters. The molecule has 3 rings (SSSR count). The summed E-state index contributed by atoms with van der Waals surface area (Å²) in [6.07, 6.45) is 4.28. The fourth-order valence-electron chi connectivity index (χ4n) is 2.52. The molecule has 0 amide bonds. The van der Waals surface area contributed by atoms with Gasteiger partial charge in [-0.3, -0.25) is 20.9 Å². The highest BCUT2D eigenvalue weighted by Gasteiger charge is 2.16. The number of halogens is 1. The molecule has 3 N–H and O–H groups in total. The van der Waals surface area contributed by atoms with Gasteiger partial charge in [-0.15, -0.1) is 0 Å². The number of nitrogens with zero attached hydrogens (tertiary/aromatic N) is 3. The van der Waals surface area contributed by atoms with E-state index in [1.807, 2.05) is 36.1 Å². The number of hydrogen-bond acceptors (Lipinski definition) is 4. The molecular formula is C15H16BrN5. The number of aromatic nitrogens is 3. The second-order valence-corrected chi connectivity index (χ2v) is 5.86. The zero-order valence-electron chi connectivity index (χ0n) is 11.6. The van der Waals surface area contributed by atoms with Crippen LogP contribution < -0.4 is 11.3 Å². The fraction of sp³-hybridized carbons (Fsp3) is 0.200. The third-order valence-electron chi connectivity index (χ3n) is 3.56. The van der Waals surface area contributed by atoms with Crippen LogP contribution in [0.25, 0.3) is 10.9 Å². The summed E-state index contributed by atoms with van der Waals surface area (Å²) in [4.78, 5) is 4.19. The molecule has 0 radical (unpaired) electrons. The molecule has 108 valence electrons. The molecule has 0 saturated heterocycles. The monoisotopic (exact) mass is 345 g/mol. The first-order chi connectivity index (χ1) is 10.2. The van der Waals surface area contributed by atoms with E-state index in [9.17, 15) is 0 Å². The van der Waals surface area contributed by atoms with Crippen molar-refractivity contribution in [2.75, 3.05) is 0 Å². The maximum atomic E-state index is 5.73. The SMILES string of the molecule is Cn1nc(CC(NN)c2cncc(Br)c2)c2ccccc21. The van der Waals surface area contributed by atoms with Crippen molar-refractivity contribution in [3.05, 3.63) is 58.5 Å². The molecule has 5 nitrogen and oxygen atoms in total. The normalized spacial score (nSPS) is 12.7. The molecule has 6 heteroatoms. The number of rotatable bonds is 4. The first-order valence-corrected chi connectivity index (χ1v) is 7.45. The van der Waals surface area contributed by atoms with Crippen molar-refractivity contribution in [2.24, 2.45) is 12.9 Å². The van der Waals surface area contributed by atoms with Crippen molar-refractivity contribution in [2.45, 2.75) is 12.5 Å². The van der Waals surface area contributed by atoms with Gasteiger partial charge in [-0.2, -0.15) is 5.10 Å². The quantitative estimate of drug-likeness (QED) is 0.563. The number of nitrogens with two attached hydrogens (primary N) is 1. The van der Waals surface area contributed by atoms with Crippen molar-refractivity contribution in [3.63, 3.8) is 0 Å². The van der Waals surface area contributed by atoms with Crippen LogP contribution in [0, 0.1) is 0 Å². The summed E-state index contributed by atoms with van der Waals surface area (Å²) in [7, 11) is 1.96. The van der Waals surface area contributed by atoms with E-state index in [0.29, 0.717) is 6.42 Å². The average molecular weight is 346 g/mol. The van der Waals surface area contributed by atoms with Gasteiger partial charge in [-0.05, 0) is 33.6 Å². The predicted octanol–water partition coefficient (Wildman–Crippen LogP) is 2.48. The molecule has 3 aromatic rings. The van der Waals surface area contributed by atoms with Crippen LogP contribution in [0.1, 0.15) is 17.3 Å². The first kappa shape index (κ1) is 14.2. The topological polar surface area (TPSA) is 68.8 Å². The first-order valence-electron chi connectivity index (χ1n) is 6.66. The van der Waals surface area contributed by atoms with Crippen LogP contribution in [0.2, 0.25) is 0 Å². The van der Waals surface area contributed by atoms with Crippen LogP contribution in [0.4, 0.5) is 0 Å². The molecule has 0 aliphatic heterocycles. The predicted molar refractivity (Wildman–Crippen MR) is 86.4 cm³/mol. The van der Waals surface area contributed by atoms with Gasteiger partial charge in [-0.1, -0.05) is 18.2 Å². The summed E-state index contributed by atoms with van der Waals surface area (Å²) in [6, 6.07) is 10.2. The highest BCUT2D eigenvalue weighted by Crippen LogP contribution is 2.24. The minimum absolute atomic E-state index is 0.0340. The van der Waals surface area contributed by atoms with Crippen LogP contribution in [-0.2, 0) is 13.5 Å². The molecule has 1 atom stereocenters. The lowest BCUT2D eigenvalue weighted by atomic mass is 10.0. The number of hydrogen-bond donors (Lipinski definition) is 2. The van der Waals surface area contributed by atoms with Crippen molar-refractivity contribution < 1.29 is 0 Å². The molecule has 2 heterocycles. The van der Waals surface area contributed by atoms with Crippen LogP contribution >= 0.6 is 15.9 Å². The number of benzene rings is 1. The van der Waals surface area contributed by atoms with Crippen LogP contribution in [0.3, 0.4) is 0 Å². The lowest BCUT2D eigenvalue weighted by molar-refractivity contribution is 0.541. The Hall–Kier alpha value is -1.76. The number of nitrogens with one attached hydrogen (secondary N) is 1. The Morgan fingerprint density at radius 2 is 2.14 bits per heavy atom. The van der Waals surface area contributed by atoms with Crippen molar-refractivity contribution in [1.82, 2.24) is 20.2 Å². The Morgan fingerprint density at radius 1 is 1.33 bits per heavy atom. The molecule has 1 aromatic carbocycles. The molecule has 0 fully saturated rings. The second-order valence-electron chi connectivity index (χ2n) is 4.95. The van der Waals surface area contributed by atoms with Crippen LogP contribution in [0.15, 0.2) is 47.2 Å². The van der Waals surface area contributed by atoms with E-state index in [0.717, 1.165) is 26.6 Å². The van der Waals surface area contributed by atoms with Gasteiger partial charge < -0.3 is 0 Å². The molecule has 0 aliphatic carbocycles. The van der Waals surface area contributed by atoms with E-state index in [1.54, 1.807) is 6.20 Å². The number of pyridine rings is 1. The van der Waals surface area contributed by atoms with Gasteiger partial charge in [0.1, 0.15) is 0 Å². The summed E-state index contributed by atoms with van der Waals surface area (Å²) >= 11 is 3.44. The highest BCUT2D eigenvalue weighted by atomic mass is 79.9. The molecular weight excluding hydrogens is 330 g/mol.